The fraction of sp³-hybridized carbons (Fsp3) is 0.267. The van der Waals surface area contributed by atoms with Crippen molar-refractivity contribution in [2.24, 2.45) is 5.14 Å². The first-order valence-corrected chi connectivity index (χ1v) is 9.20. The van der Waals surface area contributed by atoms with Crippen molar-refractivity contribution in [3.63, 3.8) is 0 Å². The Morgan fingerprint density at radius 1 is 1.23 bits per heavy atom. The molecule has 0 radical (unpaired) electrons. The van der Waals surface area contributed by atoms with E-state index in [4.69, 9.17) is 9.66 Å². The quantitative estimate of drug-likeness (QED) is 0.871. The molecule has 2 heterocycles. The molecule has 0 saturated carbocycles. The largest absolute Gasteiger partial charge is 0.364 e. The van der Waals surface area contributed by atoms with Crippen LogP contribution < -0.4 is 5.14 Å². The maximum absolute atomic E-state index is 12.0. The van der Waals surface area contributed by atoms with Gasteiger partial charge in [-0.05, 0) is 30.6 Å². The van der Waals surface area contributed by atoms with Crippen LogP contribution in [0.15, 0.2) is 58.3 Å². The summed E-state index contributed by atoms with van der Waals surface area (Å²) in [7, 11) is -3.71. The lowest BCUT2D eigenvalue weighted by molar-refractivity contribution is 0.408. The van der Waals surface area contributed by atoms with Gasteiger partial charge < -0.3 is 4.52 Å². The first kappa shape index (κ1) is 15.3. The molecule has 1 aliphatic heterocycles. The molecule has 1 aromatic heterocycles. The van der Waals surface area contributed by atoms with E-state index in [9.17, 15) is 8.42 Å². The lowest BCUT2D eigenvalue weighted by Gasteiger charge is -2.29. The van der Waals surface area contributed by atoms with Crippen molar-refractivity contribution in [1.29, 1.82) is 0 Å². The summed E-state index contributed by atoms with van der Waals surface area (Å²) in [5.41, 5.74) is 3.31. The maximum atomic E-state index is 12.0. The topological polar surface area (TPSA) is 86.2 Å². The number of hydrogen-bond acceptors (Lipinski definition) is 5. The highest BCUT2D eigenvalue weighted by molar-refractivity contribution is 8.14. The minimum absolute atomic E-state index is 0.673. The second-order valence-corrected chi connectivity index (χ2v) is 8.55. The van der Waals surface area contributed by atoms with E-state index in [2.05, 4.69) is 5.16 Å². The minimum atomic E-state index is -3.71. The highest BCUT2D eigenvalue weighted by atomic mass is 32.3. The summed E-state index contributed by atoms with van der Waals surface area (Å²) in [5.74, 6) is 0. The van der Waals surface area contributed by atoms with Gasteiger partial charge in [0, 0.05) is 6.07 Å². The van der Waals surface area contributed by atoms with Crippen LogP contribution in [0.3, 0.4) is 0 Å². The van der Waals surface area contributed by atoms with Crippen molar-refractivity contribution < 1.29 is 12.9 Å². The third kappa shape index (κ3) is 2.20. The van der Waals surface area contributed by atoms with Crippen molar-refractivity contribution in [3.05, 3.63) is 65.1 Å². The molecule has 0 fully saturated rings. The molecule has 116 valence electrons. The van der Waals surface area contributed by atoms with Crippen molar-refractivity contribution in [3.8, 4) is 0 Å². The molecule has 0 spiro atoms. The van der Waals surface area contributed by atoms with E-state index in [0.29, 0.717) is 5.69 Å². The molecule has 0 saturated heterocycles. The van der Waals surface area contributed by atoms with Crippen LogP contribution in [0, 0.1) is 0 Å². The lowest BCUT2D eigenvalue weighted by Crippen LogP contribution is -2.28. The second kappa shape index (κ2) is 5.26. The Morgan fingerprint density at radius 3 is 2.41 bits per heavy atom. The van der Waals surface area contributed by atoms with Crippen LogP contribution in [-0.2, 0) is 14.8 Å². The van der Waals surface area contributed by atoms with E-state index in [1.807, 2.05) is 44.2 Å². The molecule has 2 atom stereocenters. The molecule has 2 aromatic rings. The van der Waals surface area contributed by atoms with Gasteiger partial charge in [0.25, 0.3) is 0 Å². The average molecular weight is 336 g/mol. The van der Waals surface area contributed by atoms with Crippen LogP contribution in [0.5, 0.6) is 0 Å². The van der Waals surface area contributed by atoms with Crippen molar-refractivity contribution in [2.45, 2.75) is 23.2 Å². The van der Waals surface area contributed by atoms with Crippen LogP contribution in [-0.4, -0.2) is 18.2 Å². The van der Waals surface area contributed by atoms with Gasteiger partial charge in [0.1, 0.15) is 21.3 Å². The van der Waals surface area contributed by atoms with E-state index in [1.165, 1.54) is 18.0 Å². The van der Waals surface area contributed by atoms with Crippen LogP contribution in [0.2, 0.25) is 0 Å². The van der Waals surface area contributed by atoms with Gasteiger partial charge in [-0.2, -0.15) is 0 Å². The van der Waals surface area contributed by atoms with E-state index in [1.54, 1.807) is 6.07 Å². The Hall–Kier alpha value is -1.57. The van der Waals surface area contributed by atoms with Crippen molar-refractivity contribution in [2.75, 3.05) is 0 Å². The maximum Gasteiger partial charge on any atom is 0.225 e. The number of nitrogens with two attached hydrogens (primary N) is 1. The molecular weight excluding hydrogens is 320 g/mol. The summed E-state index contributed by atoms with van der Waals surface area (Å²) in [4.78, 5) is 0. The van der Waals surface area contributed by atoms with E-state index >= 15 is 0 Å². The summed E-state index contributed by atoms with van der Waals surface area (Å²) in [5, 5.41) is 9.50. The molecular formula is C15H16N2O3S2. The summed E-state index contributed by atoms with van der Waals surface area (Å²) in [6.07, 6.45) is 1.49. The Labute approximate surface area is 133 Å². The van der Waals surface area contributed by atoms with Gasteiger partial charge in [-0.15, -0.1) is 11.8 Å². The lowest BCUT2D eigenvalue weighted by atomic mass is 9.86. The Bertz CT molecular complexity index is 814. The highest BCUT2D eigenvalue weighted by Gasteiger charge is 2.50. The van der Waals surface area contributed by atoms with Gasteiger partial charge in [0.2, 0.25) is 10.0 Å². The fourth-order valence-electron chi connectivity index (χ4n) is 2.86. The van der Waals surface area contributed by atoms with Crippen LogP contribution in [0.4, 0.5) is 0 Å². The predicted molar refractivity (Wildman–Crippen MR) is 86.6 cm³/mol. The number of hydrogen-bond donors (Lipinski definition) is 1. The molecule has 7 heteroatoms. The zero-order chi connectivity index (χ0) is 16.0. The van der Waals surface area contributed by atoms with E-state index < -0.39 is 19.4 Å². The summed E-state index contributed by atoms with van der Waals surface area (Å²) in [6.45, 7) is 3.73. The minimum Gasteiger partial charge on any atom is -0.364 e. The van der Waals surface area contributed by atoms with Gasteiger partial charge in [-0.1, -0.05) is 35.5 Å². The average Bonchev–Trinajstić information content (AvgIpc) is 3.09. The Morgan fingerprint density at radius 2 is 1.91 bits per heavy atom. The molecule has 22 heavy (non-hydrogen) atoms. The van der Waals surface area contributed by atoms with Crippen LogP contribution in [0.1, 0.15) is 25.1 Å². The number of thioether (sulfide) groups is 1. The number of aromatic nitrogens is 1. The standard InChI is InChI=1S/C15H16N2O3S2/c1-10-11(2)15(13-8-9-20-17-13,12-6-4-3-5-7-12)21-14(10)22(16,18)19/h3-9,14H,1-2H3,(H2,16,18,19). The molecule has 1 aromatic carbocycles. The molecule has 2 unspecified atom stereocenters. The number of rotatable bonds is 3. The molecule has 5 nitrogen and oxygen atoms in total. The predicted octanol–water partition coefficient (Wildman–Crippen LogP) is 2.62. The summed E-state index contributed by atoms with van der Waals surface area (Å²) in [6, 6.07) is 11.5. The highest BCUT2D eigenvalue weighted by Crippen LogP contribution is 2.57. The number of nitrogens with zero attached hydrogens (tertiary/aromatic N) is 1. The van der Waals surface area contributed by atoms with Gasteiger partial charge in [-0.3, -0.25) is 0 Å². The molecule has 3 rings (SSSR count). The Kier molecular flexibility index (Phi) is 3.66. The normalized spacial score (nSPS) is 25.7. The Balaban J connectivity index is 2.27. The number of sulfonamides is 1. The third-order valence-corrected chi connectivity index (χ3v) is 7.75. The summed E-state index contributed by atoms with van der Waals surface area (Å²) < 4.78 is 27.4. The van der Waals surface area contributed by atoms with Crippen LogP contribution >= 0.6 is 11.8 Å². The zero-order valence-corrected chi connectivity index (χ0v) is 13.8. The van der Waals surface area contributed by atoms with Gasteiger partial charge in [0.05, 0.1) is 0 Å². The molecule has 0 amide bonds. The zero-order valence-electron chi connectivity index (χ0n) is 12.2. The molecule has 0 bridgehead atoms. The van der Waals surface area contributed by atoms with Crippen molar-refractivity contribution >= 4 is 21.8 Å². The molecule has 0 aliphatic carbocycles. The fourth-order valence-corrected chi connectivity index (χ4v) is 6.01. The van der Waals surface area contributed by atoms with Gasteiger partial charge >= 0.3 is 0 Å². The van der Waals surface area contributed by atoms with E-state index in [0.717, 1.165) is 16.7 Å². The summed E-state index contributed by atoms with van der Waals surface area (Å²) >= 11 is 1.28. The number of primary sulfonamides is 1. The van der Waals surface area contributed by atoms with E-state index in [-0.39, 0.29) is 0 Å². The molecule has 1 aliphatic rings. The first-order chi connectivity index (χ1) is 10.4. The van der Waals surface area contributed by atoms with Gasteiger partial charge in [-0.25, -0.2) is 13.6 Å². The third-order valence-electron chi connectivity index (χ3n) is 4.03. The second-order valence-electron chi connectivity index (χ2n) is 5.28. The number of benzene rings is 1. The first-order valence-electron chi connectivity index (χ1n) is 6.71. The van der Waals surface area contributed by atoms with Crippen LogP contribution in [0.25, 0.3) is 0 Å². The smallest absolute Gasteiger partial charge is 0.225 e. The SMILES string of the molecule is CC1=C(C)C(c2ccccc2)(c2ccon2)SC1S(N)(=O)=O. The monoisotopic (exact) mass is 336 g/mol. The van der Waals surface area contributed by atoms with Gasteiger partial charge in [0.15, 0.2) is 0 Å². The molecule has 2 N–H and O–H groups in total. The van der Waals surface area contributed by atoms with Crippen molar-refractivity contribution in [1.82, 2.24) is 5.16 Å².